The molecule has 1 aliphatic heterocycles. The number of hydrogen-bond donors (Lipinski definition) is 0. The van der Waals surface area contributed by atoms with Crippen LogP contribution in [0.1, 0.15) is 33.3 Å². The number of aromatic nitrogens is 1. The van der Waals surface area contributed by atoms with Gasteiger partial charge in [-0.05, 0) is 24.5 Å². The van der Waals surface area contributed by atoms with Crippen molar-refractivity contribution in [3.63, 3.8) is 0 Å². The number of amides is 1. The predicted octanol–water partition coefficient (Wildman–Crippen LogP) is 2.49. The lowest BCUT2D eigenvalue weighted by Crippen LogP contribution is -2.36. The molecule has 1 aromatic heterocycles. The number of rotatable bonds is 1. The van der Waals surface area contributed by atoms with Gasteiger partial charge in [0.15, 0.2) is 5.89 Å². The average molecular weight is 256 g/mol. The van der Waals surface area contributed by atoms with Crippen LogP contribution >= 0.6 is 0 Å². The van der Waals surface area contributed by atoms with E-state index in [4.69, 9.17) is 4.42 Å². The highest BCUT2D eigenvalue weighted by Crippen LogP contribution is 2.21. The van der Waals surface area contributed by atoms with Crippen molar-refractivity contribution in [2.75, 3.05) is 6.54 Å². The molecule has 1 aromatic carbocycles. The van der Waals surface area contributed by atoms with E-state index in [9.17, 15) is 4.79 Å². The number of hydrogen-bond acceptors (Lipinski definition) is 3. The molecule has 0 spiro atoms. The molecule has 0 unspecified atom stereocenters. The summed E-state index contributed by atoms with van der Waals surface area (Å²) in [5.41, 5.74) is 3.22. The summed E-state index contributed by atoms with van der Waals surface area (Å²) in [7, 11) is 0. The third-order valence-corrected chi connectivity index (χ3v) is 3.52. The van der Waals surface area contributed by atoms with Crippen molar-refractivity contribution < 1.29 is 9.21 Å². The van der Waals surface area contributed by atoms with Gasteiger partial charge in [-0.15, -0.1) is 0 Å². The molecular weight excluding hydrogens is 240 g/mol. The Hall–Kier alpha value is -2.10. The monoisotopic (exact) mass is 256 g/mol. The van der Waals surface area contributed by atoms with Crippen molar-refractivity contribution in [1.29, 1.82) is 0 Å². The fraction of sp³-hybridized carbons (Fsp3) is 0.333. The van der Waals surface area contributed by atoms with Crippen LogP contribution in [0.3, 0.4) is 0 Å². The number of benzene rings is 1. The summed E-state index contributed by atoms with van der Waals surface area (Å²) in [5.74, 6) is 0.850. The second kappa shape index (κ2) is 4.53. The molecule has 0 saturated heterocycles. The highest BCUT2D eigenvalue weighted by Gasteiger charge is 2.25. The number of carbonyl (C=O) groups excluding carboxylic acids is 1. The Kier molecular flexibility index (Phi) is 2.85. The molecule has 1 amide bonds. The van der Waals surface area contributed by atoms with E-state index >= 15 is 0 Å². The van der Waals surface area contributed by atoms with Crippen molar-refractivity contribution in [3.8, 4) is 0 Å². The summed E-state index contributed by atoms with van der Waals surface area (Å²) >= 11 is 0. The van der Waals surface area contributed by atoms with Crippen LogP contribution in [0.2, 0.25) is 0 Å². The van der Waals surface area contributed by atoms with Crippen LogP contribution in [0.25, 0.3) is 0 Å². The highest BCUT2D eigenvalue weighted by atomic mass is 16.4. The van der Waals surface area contributed by atoms with Crippen molar-refractivity contribution in [3.05, 3.63) is 52.7 Å². The third kappa shape index (κ3) is 2.14. The second-order valence-electron chi connectivity index (χ2n) is 4.89. The maximum absolute atomic E-state index is 12.4. The van der Waals surface area contributed by atoms with E-state index in [0.29, 0.717) is 23.9 Å². The lowest BCUT2D eigenvalue weighted by atomic mass is 10.00. The van der Waals surface area contributed by atoms with Gasteiger partial charge in [0.1, 0.15) is 0 Å². The first-order chi connectivity index (χ1) is 9.15. The average Bonchev–Trinajstić information content (AvgIpc) is 2.76. The molecule has 0 fully saturated rings. The minimum Gasteiger partial charge on any atom is -0.436 e. The van der Waals surface area contributed by atoms with Crippen LogP contribution in [0.4, 0.5) is 0 Å². The van der Waals surface area contributed by atoms with E-state index in [0.717, 1.165) is 13.0 Å². The summed E-state index contributed by atoms with van der Waals surface area (Å²) in [6.07, 6.45) is 0.897. The fourth-order valence-corrected chi connectivity index (χ4v) is 2.54. The molecule has 2 aromatic rings. The standard InChI is InChI=1S/C15H16N2O2/c1-10-14(19-11(2)16-10)15(18)17-8-7-12-5-3-4-6-13(12)9-17/h3-6H,7-9H2,1-2H3. The first kappa shape index (κ1) is 12.0. The number of aryl methyl sites for hydroxylation is 2. The number of nitrogens with zero attached hydrogens (tertiary/aromatic N) is 2. The Morgan fingerprint density at radius 3 is 2.68 bits per heavy atom. The molecule has 0 aliphatic carbocycles. The minimum absolute atomic E-state index is 0.0624. The van der Waals surface area contributed by atoms with Gasteiger partial charge in [-0.1, -0.05) is 24.3 Å². The van der Waals surface area contributed by atoms with Crippen LogP contribution in [0.5, 0.6) is 0 Å². The van der Waals surface area contributed by atoms with Gasteiger partial charge in [-0.2, -0.15) is 0 Å². The summed E-state index contributed by atoms with van der Waals surface area (Å²) in [4.78, 5) is 18.4. The Balaban J connectivity index is 1.85. The van der Waals surface area contributed by atoms with Gasteiger partial charge >= 0.3 is 0 Å². The topological polar surface area (TPSA) is 46.3 Å². The van der Waals surface area contributed by atoms with E-state index in [1.54, 1.807) is 6.92 Å². The summed E-state index contributed by atoms with van der Waals surface area (Å²) < 4.78 is 5.41. The third-order valence-electron chi connectivity index (χ3n) is 3.52. The molecule has 0 bridgehead atoms. The normalized spacial score (nSPS) is 14.3. The minimum atomic E-state index is -0.0624. The van der Waals surface area contributed by atoms with Gasteiger partial charge in [-0.3, -0.25) is 4.79 Å². The Bertz CT molecular complexity index is 631. The largest absolute Gasteiger partial charge is 0.436 e. The lowest BCUT2D eigenvalue weighted by Gasteiger charge is -2.28. The molecule has 0 N–H and O–H groups in total. The maximum atomic E-state index is 12.4. The van der Waals surface area contributed by atoms with Gasteiger partial charge in [-0.25, -0.2) is 4.98 Å². The van der Waals surface area contributed by atoms with Crippen molar-refractivity contribution in [1.82, 2.24) is 9.88 Å². The zero-order valence-electron chi connectivity index (χ0n) is 11.1. The fourth-order valence-electron chi connectivity index (χ4n) is 2.54. The molecule has 4 heteroatoms. The van der Waals surface area contributed by atoms with E-state index in [2.05, 4.69) is 17.1 Å². The molecule has 19 heavy (non-hydrogen) atoms. The van der Waals surface area contributed by atoms with E-state index in [1.807, 2.05) is 24.0 Å². The zero-order chi connectivity index (χ0) is 13.4. The second-order valence-corrected chi connectivity index (χ2v) is 4.89. The molecule has 0 atom stereocenters. The molecule has 3 rings (SSSR count). The Labute approximate surface area is 112 Å². The van der Waals surface area contributed by atoms with Crippen LogP contribution < -0.4 is 0 Å². The molecule has 4 nitrogen and oxygen atoms in total. The Morgan fingerprint density at radius 1 is 1.26 bits per heavy atom. The molecular formula is C15H16N2O2. The van der Waals surface area contributed by atoms with Crippen molar-refractivity contribution in [2.45, 2.75) is 26.8 Å². The van der Waals surface area contributed by atoms with Crippen molar-refractivity contribution in [2.24, 2.45) is 0 Å². The number of carbonyl (C=O) groups is 1. The van der Waals surface area contributed by atoms with Gasteiger partial charge in [0.05, 0.1) is 5.69 Å². The highest BCUT2D eigenvalue weighted by molar-refractivity contribution is 5.92. The first-order valence-corrected chi connectivity index (χ1v) is 6.45. The SMILES string of the molecule is Cc1nc(C)c(C(=O)N2CCc3ccccc3C2)o1. The molecule has 98 valence electrons. The Morgan fingerprint density at radius 2 is 2.00 bits per heavy atom. The van der Waals surface area contributed by atoms with Gasteiger partial charge < -0.3 is 9.32 Å². The van der Waals surface area contributed by atoms with Gasteiger partial charge in [0.2, 0.25) is 5.76 Å². The number of oxazole rings is 1. The molecule has 0 radical (unpaired) electrons. The lowest BCUT2D eigenvalue weighted by molar-refractivity contribution is 0.0700. The molecule has 2 heterocycles. The van der Waals surface area contributed by atoms with Gasteiger partial charge in [0, 0.05) is 20.0 Å². The van der Waals surface area contributed by atoms with E-state index in [-0.39, 0.29) is 5.91 Å². The summed E-state index contributed by atoms with van der Waals surface area (Å²) in [6, 6.07) is 8.26. The zero-order valence-corrected chi connectivity index (χ0v) is 11.1. The van der Waals surface area contributed by atoms with Crippen LogP contribution in [0, 0.1) is 13.8 Å². The van der Waals surface area contributed by atoms with Crippen molar-refractivity contribution >= 4 is 5.91 Å². The maximum Gasteiger partial charge on any atom is 0.291 e. The van der Waals surface area contributed by atoms with Crippen LogP contribution in [0.15, 0.2) is 28.7 Å². The first-order valence-electron chi connectivity index (χ1n) is 6.45. The van der Waals surface area contributed by atoms with Gasteiger partial charge in [0.25, 0.3) is 5.91 Å². The van der Waals surface area contributed by atoms with E-state index in [1.165, 1.54) is 11.1 Å². The summed E-state index contributed by atoms with van der Waals surface area (Å²) in [6.45, 7) is 4.94. The summed E-state index contributed by atoms with van der Waals surface area (Å²) in [5, 5.41) is 0. The molecule has 1 aliphatic rings. The predicted molar refractivity (Wildman–Crippen MR) is 70.9 cm³/mol. The van der Waals surface area contributed by atoms with Crippen LogP contribution in [-0.4, -0.2) is 22.3 Å². The van der Waals surface area contributed by atoms with Crippen LogP contribution in [-0.2, 0) is 13.0 Å². The quantitative estimate of drug-likeness (QED) is 0.787. The van der Waals surface area contributed by atoms with E-state index < -0.39 is 0 Å². The number of fused-ring (bicyclic) bond motifs is 1. The molecule has 0 saturated carbocycles. The smallest absolute Gasteiger partial charge is 0.291 e.